The van der Waals surface area contributed by atoms with E-state index in [0.717, 1.165) is 17.8 Å². The van der Waals surface area contributed by atoms with E-state index >= 15 is 0 Å². The zero-order valence-corrected chi connectivity index (χ0v) is 17.2. The number of hydrogen-bond acceptors (Lipinski definition) is 0. The Balaban J connectivity index is 0.00000102. The van der Waals surface area contributed by atoms with Crippen LogP contribution >= 0.6 is 0 Å². The largest absolute Gasteiger partial charge is 0.100 e. The van der Waals surface area contributed by atoms with Gasteiger partial charge in [-0.1, -0.05) is 67.4 Å². The van der Waals surface area contributed by atoms with Crippen molar-refractivity contribution in [1.29, 1.82) is 0 Å². The summed E-state index contributed by atoms with van der Waals surface area (Å²) < 4.78 is 0. The van der Waals surface area contributed by atoms with Crippen LogP contribution in [-0.4, -0.2) is 0 Å². The fourth-order valence-corrected chi connectivity index (χ4v) is 5.33. The molecule has 0 saturated heterocycles. The maximum absolute atomic E-state index is 4.14. The summed E-state index contributed by atoms with van der Waals surface area (Å²) in [5.74, 6) is 2.69. The maximum atomic E-state index is 4.14. The average Bonchev–Trinajstić information content (AvgIpc) is 2.47. The summed E-state index contributed by atoms with van der Waals surface area (Å²) in [4.78, 5) is 0. The first-order valence-electron chi connectivity index (χ1n) is 9.92. The first-order chi connectivity index (χ1) is 10.3. The van der Waals surface area contributed by atoms with E-state index in [0.29, 0.717) is 10.8 Å². The third kappa shape index (κ3) is 4.62. The number of allylic oxidation sites excluding steroid dienone is 1. The first kappa shape index (κ1) is 21.7. The van der Waals surface area contributed by atoms with Crippen LogP contribution in [0.25, 0.3) is 0 Å². The van der Waals surface area contributed by atoms with Crippen LogP contribution in [0, 0.1) is 28.6 Å². The predicted octanol–water partition coefficient (Wildman–Crippen LogP) is 7.88. The van der Waals surface area contributed by atoms with Crippen molar-refractivity contribution in [2.75, 3.05) is 0 Å². The lowest BCUT2D eigenvalue weighted by Crippen LogP contribution is -2.50. The molecule has 0 nitrogen and oxygen atoms in total. The van der Waals surface area contributed by atoms with Gasteiger partial charge < -0.3 is 0 Å². The van der Waals surface area contributed by atoms with Gasteiger partial charge in [-0.05, 0) is 67.6 Å². The van der Waals surface area contributed by atoms with E-state index in [1.165, 1.54) is 44.1 Å². The van der Waals surface area contributed by atoms with Crippen molar-refractivity contribution in [2.45, 2.75) is 101 Å². The highest BCUT2D eigenvalue weighted by atomic mass is 14.6. The second-order valence-corrected chi connectivity index (χ2v) is 8.19. The SMILES string of the molecule is C=C(C)CC1CCC2C(C)(C)CCCC2(C)C1C.CC.CC. The molecule has 2 saturated carbocycles. The van der Waals surface area contributed by atoms with Gasteiger partial charge in [0.25, 0.3) is 0 Å². The Morgan fingerprint density at radius 1 is 1.00 bits per heavy atom. The monoisotopic (exact) mass is 308 g/mol. The molecular weight excluding hydrogens is 264 g/mol. The normalized spacial score (nSPS) is 36.0. The molecule has 22 heavy (non-hydrogen) atoms. The van der Waals surface area contributed by atoms with Gasteiger partial charge in [-0.3, -0.25) is 0 Å². The Bertz CT molecular complexity index is 325. The van der Waals surface area contributed by atoms with Gasteiger partial charge in [0.1, 0.15) is 0 Å². The summed E-state index contributed by atoms with van der Waals surface area (Å²) in [7, 11) is 0. The Kier molecular flexibility index (Phi) is 9.03. The molecule has 2 aliphatic carbocycles. The first-order valence-corrected chi connectivity index (χ1v) is 9.92. The number of fused-ring (bicyclic) bond motifs is 1. The quantitative estimate of drug-likeness (QED) is 0.455. The van der Waals surface area contributed by atoms with Crippen molar-refractivity contribution in [2.24, 2.45) is 28.6 Å². The van der Waals surface area contributed by atoms with Gasteiger partial charge in [0.2, 0.25) is 0 Å². The van der Waals surface area contributed by atoms with Gasteiger partial charge >= 0.3 is 0 Å². The van der Waals surface area contributed by atoms with Gasteiger partial charge in [0, 0.05) is 0 Å². The lowest BCUT2D eigenvalue weighted by molar-refractivity contribution is -0.0900. The van der Waals surface area contributed by atoms with Gasteiger partial charge in [-0.2, -0.15) is 0 Å². The molecular formula is C22H44. The Morgan fingerprint density at radius 3 is 2.05 bits per heavy atom. The molecule has 132 valence electrons. The van der Waals surface area contributed by atoms with Crippen LogP contribution in [0.3, 0.4) is 0 Å². The second-order valence-electron chi connectivity index (χ2n) is 8.19. The van der Waals surface area contributed by atoms with Crippen molar-refractivity contribution in [3.05, 3.63) is 12.2 Å². The van der Waals surface area contributed by atoms with E-state index in [1.54, 1.807) is 0 Å². The molecule has 0 aromatic carbocycles. The van der Waals surface area contributed by atoms with E-state index in [-0.39, 0.29) is 0 Å². The van der Waals surface area contributed by atoms with E-state index in [9.17, 15) is 0 Å². The third-order valence-electron chi connectivity index (χ3n) is 6.46. The molecule has 2 rings (SSSR count). The highest BCUT2D eigenvalue weighted by Crippen LogP contribution is 2.61. The molecule has 2 fully saturated rings. The lowest BCUT2D eigenvalue weighted by atomic mass is 9.46. The smallest absolute Gasteiger partial charge is 0.0264 e. The Morgan fingerprint density at radius 2 is 1.55 bits per heavy atom. The Labute approximate surface area is 142 Å². The molecule has 0 spiro atoms. The molecule has 2 aliphatic rings. The van der Waals surface area contributed by atoms with Crippen LogP contribution in [-0.2, 0) is 0 Å². The van der Waals surface area contributed by atoms with Crippen LogP contribution in [0.4, 0.5) is 0 Å². The summed E-state index contributed by atoms with van der Waals surface area (Å²) in [5, 5.41) is 0. The topological polar surface area (TPSA) is 0 Å². The molecule has 0 aliphatic heterocycles. The minimum absolute atomic E-state index is 0.565. The lowest BCUT2D eigenvalue weighted by Gasteiger charge is -2.59. The van der Waals surface area contributed by atoms with Gasteiger partial charge in [-0.25, -0.2) is 0 Å². The van der Waals surface area contributed by atoms with Crippen LogP contribution in [0.1, 0.15) is 101 Å². The zero-order chi connectivity index (χ0) is 17.6. The van der Waals surface area contributed by atoms with Crippen LogP contribution < -0.4 is 0 Å². The molecule has 0 aromatic heterocycles. The summed E-state index contributed by atoms with van der Waals surface area (Å²) in [5.41, 5.74) is 2.53. The second kappa shape index (κ2) is 9.14. The summed E-state index contributed by atoms with van der Waals surface area (Å²) in [6.45, 7) is 24.5. The van der Waals surface area contributed by atoms with Crippen LogP contribution in [0.5, 0.6) is 0 Å². The summed E-state index contributed by atoms with van der Waals surface area (Å²) in [6.07, 6.45) is 8.46. The average molecular weight is 309 g/mol. The predicted molar refractivity (Wildman–Crippen MR) is 103 cm³/mol. The number of hydrogen-bond donors (Lipinski definition) is 0. The van der Waals surface area contributed by atoms with Gasteiger partial charge in [0.15, 0.2) is 0 Å². The highest BCUT2D eigenvalue weighted by Gasteiger charge is 2.52. The van der Waals surface area contributed by atoms with Crippen molar-refractivity contribution in [3.8, 4) is 0 Å². The van der Waals surface area contributed by atoms with Crippen molar-refractivity contribution < 1.29 is 0 Å². The van der Waals surface area contributed by atoms with E-state index < -0.39 is 0 Å². The molecule has 0 heteroatoms. The van der Waals surface area contributed by atoms with Gasteiger partial charge in [-0.15, -0.1) is 6.58 Å². The molecule has 0 heterocycles. The molecule has 4 atom stereocenters. The minimum atomic E-state index is 0.565. The van der Waals surface area contributed by atoms with E-state index in [2.05, 4.69) is 41.2 Å². The molecule has 0 amide bonds. The highest BCUT2D eigenvalue weighted by molar-refractivity contribution is 5.04. The van der Waals surface area contributed by atoms with Crippen molar-refractivity contribution >= 4 is 0 Å². The zero-order valence-electron chi connectivity index (χ0n) is 17.2. The maximum Gasteiger partial charge on any atom is -0.0264 e. The fourth-order valence-electron chi connectivity index (χ4n) is 5.33. The van der Waals surface area contributed by atoms with Crippen LogP contribution in [0.2, 0.25) is 0 Å². The Hall–Kier alpha value is -0.260. The third-order valence-corrected chi connectivity index (χ3v) is 6.46. The molecule has 0 aromatic rings. The minimum Gasteiger partial charge on any atom is -0.100 e. The summed E-state index contributed by atoms with van der Waals surface area (Å²) in [6, 6.07) is 0. The fraction of sp³-hybridized carbons (Fsp3) is 0.909. The molecule has 0 N–H and O–H groups in total. The standard InChI is InChI=1S/C18H32.2C2H6/c1-13(2)12-15-8-9-16-17(4,5)10-7-11-18(16,6)14(15)3;2*1-2/h14-16H,1,7-12H2,2-6H3;2*1-2H3. The van der Waals surface area contributed by atoms with Crippen molar-refractivity contribution in [3.63, 3.8) is 0 Å². The number of rotatable bonds is 2. The van der Waals surface area contributed by atoms with Crippen LogP contribution in [0.15, 0.2) is 12.2 Å². The van der Waals surface area contributed by atoms with E-state index in [4.69, 9.17) is 0 Å². The summed E-state index contributed by atoms with van der Waals surface area (Å²) >= 11 is 0. The van der Waals surface area contributed by atoms with Gasteiger partial charge in [0.05, 0.1) is 0 Å². The van der Waals surface area contributed by atoms with E-state index in [1.807, 2.05) is 27.7 Å². The molecule has 0 bridgehead atoms. The van der Waals surface area contributed by atoms with Crippen molar-refractivity contribution in [1.82, 2.24) is 0 Å². The molecule has 0 radical (unpaired) electrons. The molecule has 4 unspecified atom stereocenters.